The minimum absolute atomic E-state index is 0.101. The smallest absolute Gasteiger partial charge is 0.266 e. The van der Waals surface area contributed by atoms with Crippen LogP contribution >= 0.6 is 11.6 Å². The number of aromatic nitrogens is 1. The Bertz CT molecular complexity index is 897. The summed E-state index contributed by atoms with van der Waals surface area (Å²) in [4.78, 5) is 26.7. The number of carbonyl (C=O) groups excluding carboxylic acids is 1. The monoisotopic (exact) mass is 357 g/mol. The molecule has 0 unspecified atom stereocenters. The predicted octanol–water partition coefficient (Wildman–Crippen LogP) is 3.33. The lowest BCUT2D eigenvalue weighted by Crippen LogP contribution is -2.27. The van der Waals surface area contributed by atoms with Gasteiger partial charge in [-0.25, -0.2) is 0 Å². The van der Waals surface area contributed by atoms with Crippen LogP contribution in [0.25, 0.3) is 0 Å². The number of benzene rings is 1. The summed E-state index contributed by atoms with van der Waals surface area (Å²) in [5, 5.41) is 12.7. The van der Waals surface area contributed by atoms with Crippen LogP contribution in [0.5, 0.6) is 0 Å². The third kappa shape index (κ3) is 4.49. The first-order chi connectivity index (χ1) is 11.8. The Kier molecular flexibility index (Phi) is 6.00. The van der Waals surface area contributed by atoms with Crippen LogP contribution in [0.1, 0.15) is 47.3 Å². The molecule has 5 nitrogen and oxygen atoms in total. The Morgan fingerprint density at radius 1 is 1.40 bits per heavy atom. The van der Waals surface area contributed by atoms with Gasteiger partial charge in [0.1, 0.15) is 11.6 Å². The highest BCUT2D eigenvalue weighted by Gasteiger charge is 2.15. The Hall–Kier alpha value is -2.58. The van der Waals surface area contributed by atoms with Crippen molar-refractivity contribution in [3.05, 3.63) is 67.6 Å². The fourth-order valence-electron chi connectivity index (χ4n) is 2.83. The quantitative estimate of drug-likeness (QED) is 0.860. The van der Waals surface area contributed by atoms with Crippen LogP contribution in [-0.2, 0) is 11.2 Å². The molecule has 25 heavy (non-hydrogen) atoms. The zero-order valence-electron chi connectivity index (χ0n) is 14.4. The molecular formula is C19H20ClN3O2. The normalized spacial score (nSPS) is 11.6. The van der Waals surface area contributed by atoms with Gasteiger partial charge < -0.3 is 10.3 Å². The van der Waals surface area contributed by atoms with E-state index >= 15 is 0 Å². The topological polar surface area (TPSA) is 85.8 Å². The van der Waals surface area contributed by atoms with E-state index in [1.54, 1.807) is 19.9 Å². The Morgan fingerprint density at radius 3 is 2.76 bits per heavy atom. The number of nitrogens with zero attached hydrogens (tertiary/aromatic N) is 1. The van der Waals surface area contributed by atoms with Crippen LogP contribution in [0.15, 0.2) is 29.1 Å². The molecular weight excluding hydrogens is 338 g/mol. The van der Waals surface area contributed by atoms with Crippen LogP contribution in [0.2, 0.25) is 5.02 Å². The number of nitriles is 1. The number of H-pyrrole nitrogens is 1. The van der Waals surface area contributed by atoms with Gasteiger partial charge in [0.2, 0.25) is 5.91 Å². The predicted molar refractivity (Wildman–Crippen MR) is 97.6 cm³/mol. The maximum Gasteiger partial charge on any atom is 0.266 e. The van der Waals surface area contributed by atoms with E-state index in [0.29, 0.717) is 22.7 Å². The highest BCUT2D eigenvalue weighted by Crippen LogP contribution is 2.18. The molecule has 0 aliphatic rings. The van der Waals surface area contributed by atoms with E-state index < -0.39 is 0 Å². The molecule has 0 saturated carbocycles. The van der Waals surface area contributed by atoms with Crippen LogP contribution < -0.4 is 10.9 Å². The SMILES string of the molecule is Cc1[nH]c(=O)c(C#N)c(C)c1CCC(=O)N[C@H](C)c1cccc(Cl)c1. The van der Waals surface area contributed by atoms with E-state index in [1.165, 1.54) is 0 Å². The molecule has 1 amide bonds. The Balaban J connectivity index is 2.06. The lowest BCUT2D eigenvalue weighted by molar-refractivity contribution is -0.121. The number of rotatable bonds is 5. The summed E-state index contributed by atoms with van der Waals surface area (Å²) in [7, 11) is 0. The average Bonchev–Trinajstić information content (AvgIpc) is 2.54. The van der Waals surface area contributed by atoms with Gasteiger partial charge >= 0.3 is 0 Å². The fraction of sp³-hybridized carbons (Fsp3) is 0.316. The molecule has 0 aliphatic heterocycles. The van der Waals surface area contributed by atoms with Crippen molar-refractivity contribution in [1.29, 1.82) is 5.26 Å². The number of halogens is 1. The van der Waals surface area contributed by atoms with Gasteiger partial charge in [0.25, 0.3) is 5.56 Å². The number of nitrogens with one attached hydrogen (secondary N) is 2. The minimum atomic E-state index is -0.389. The maximum absolute atomic E-state index is 12.2. The summed E-state index contributed by atoms with van der Waals surface area (Å²) in [5.41, 5.74) is 2.82. The number of aromatic amines is 1. The molecule has 0 saturated heterocycles. The molecule has 0 spiro atoms. The van der Waals surface area contributed by atoms with Crippen molar-refractivity contribution in [2.45, 2.75) is 39.7 Å². The summed E-state index contributed by atoms with van der Waals surface area (Å²) >= 11 is 5.97. The lowest BCUT2D eigenvalue weighted by Gasteiger charge is -2.15. The van der Waals surface area contributed by atoms with E-state index in [-0.39, 0.29) is 29.5 Å². The van der Waals surface area contributed by atoms with Crippen LogP contribution in [-0.4, -0.2) is 10.9 Å². The van der Waals surface area contributed by atoms with Crippen molar-refractivity contribution in [2.24, 2.45) is 0 Å². The first kappa shape index (κ1) is 18.8. The van der Waals surface area contributed by atoms with Crippen LogP contribution in [0, 0.1) is 25.2 Å². The lowest BCUT2D eigenvalue weighted by atomic mass is 9.99. The third-order valence-electron chi connectivity index (χ3n) is 4.25. The number of pyridine rings is 1. The molecule has 0 fully saturated rings. The molecule has 2 N–H and O–H groups in total. The van der Waals surface area contributed by atoms with Gasteiger partial charge in [0, 0.05) is 17.1 Å². The van der Waals surface area contributed by atoms with Gasteiger partial charge in [-0.2, -0.15) is 5.26 Å². The van der Waals surface area contributed by atoms with Crippen LogP contribution in [0.3, 0.4) is 0 Å². The van der Waals surface area contributed by atoms with E-state index in [9.17, 15) is 9.59 Å². The van der Waals surface area contributed by atoms with Crippen molar-refractivity contribution in [3.63, 3.8) is 0 Å². The number of hydrogen-bond acceptors (Lipinski definition) is 3. The molecule has 0 aliphatic carbocycles. The van der Waals surface area contributed by atoms with Crippen LogP contribution in [0.4, 0.5) is 0 Å². The highest BCUT2D eigenvalue weighted by molar-refractivity contribution is 6.30. The molecule has 1 heterocycles. The molecule has 0 radical (unpaired) electrons. The second-order valence-electron chi connectivity index (χ2n) is 6.01. The van der Waals surface area contributed by atoms with Crippen molar-refractivity contribution in [1.82, 2.24) is 10.3 Å². The third-order valence-corrected chi connectivity index (χ3v) is 4.48. The summed E-state index contributed by atoms with van der Waals surface area (Å²) in [6, 6.07) is 9.13. The van der Waals surface area contributed by atoms with Crippen molar-refractivity contribution < 1.29 is 4.79 Å². The van der Waals surface area contributed by atoms with E-state index in [4.69, 9.17) is 16.9 Å². The highest BCUT2D eigenvalue weighted by atomic mass is 35.5. The molecule has 1 aromatic carbocycles. The Labute approximate surface area is 151 Å². The van der Waals surface area contributed by atoms with Gasteiger partial charge in [-0.05, 0) is 56.0 Å². The fourth-order valence-corrected chi connectivity index (χ4v) is 3.03. The molecule has 1 aromatic heterocycles. The number of hydrogen-bond donors (Lipinski definition) is 2. The largest absolute Gasteiger partial charge is 0.350 e. The Morgan fingerprint density at radius 2 is 2.12 bits per heavy atom. The molecule has 2 rings (SSSR count). The van der Waals surface area contributed by atoms with Crippen molar-refractivity contribution in [2.75, 3.05) is 0 Å². The second-order valence-corrected chi connectivity index (χ2v) is 6.45. The van der Waals surface area contributed by atoms with Gasteiger partial charge in [0.15, 0.2) is 0 Å². The molecule has 6 heteroatoms. The van der Waals surface area contributed by atoms with E-state index in [0.717, 1.165) is 11.1 Å². The number of amides is 1. The van der Waals surface area contributed by atoms with Crippen molar-refractivity contribution in [3.8, 4) is 6.07 Å². The minimum Gasteiger partial charge on any atom is -0.350 e. The zero-order valence-corrected chi connectivity index (χ0v) is 15.2. The molecule has 2 aromatic rings. The number of aryl methyl sites for hydroxylation is 1. The van der Waals surface area contributed by atoms with Gasteiger partial charge in [-0.15, -0.1) is 0 Å². The summed E-state index contributed by atoms with van der Waals surface area (Å²) in [6.07, 6.45) is 0.723. The molecule has 0 bridgehead atoms. The summed E-state index contributed by atoms with van der Waals surface area (Å²) < 4.78 is 0. The first-order valence-corrected chi connectivity index (χ1v) is 8.38. The molecule has 1 atom stereocenters. The van der Waals surface area contributed by atoms with Crippen molar-refractivity contribution >= 4 is 17.5 Å². The summed E-state index contributed by atoms with van der Waals surface area (Å²) in [5.74, 6) is -0.101. The van der Waals surface area contributed by atoms with E-state index in [2.05, 4.69) is 10.3 Å². The standard InChI is InChI=1S/C19H20ClN3O2/c1-11-16(13(3)23-19(25)17(11)10-21)7-8-18(24)22-12(2)14-5-4-6-15(20)9-14/h4-6,9,12H,7-8H2,1-3H3,(H,22,24)(H,23,25)/t12-/m1/s1. The maximum atomic E-state index is 12.2. The molecule has 130 valence electrons. The zero-order chi connectivity index (χ0) is 18.6. The van der Waals surface area contributed by atoms with Gasteiger partial charge in [-0.3, -0.25) is 9.59 Å². The number of carbonyl (C=O) groups is 1. The van der Waals surface area contributed by atoms with Gasteiger partial charge in [0.05, 0.1) is 6.04 Å². The average molecular weight is 358 g/mol. The van der Waals surface area contributed by atoms with E-state index in [1.807, 2.05) is 31.2 Å². The first-order valence-electron chi connectivity index (χ1n) is 8.00. The summed E-state index contributed by atoms with van der Waals surface area (Å²) in [6.45, 7) is 5.41. The second kappa shape index (κ2) is 8.00. The van der Waals surface area contributed by atoms with Gasteiger partial charge in [-0.1, -0.05) is 23.7 Å².